The van der Waals surface area contributed by atoms with Gasteiger partial charge in [0.15, 0.2) is 0 Å². The van der Waals surface area contributed by atoms with Gasteiger partial charge in [-0.05, 0) is 18.2 Å². The van der Waals surface area contributed by atoms with Gasteiger partial charge in [0.25, 0.3) is 0 Å². The first-order valence-electron chi connectivity index (χ1n) is 6.10. The second-order valence-corrected chi connectivity index (χ2v) is 5.41. The Hall–Kier alpha value is -2.47. The number of aromatic nitrogens is 2. The number of hydrogen-bond donors (Lipinski definition) is 2. The normalized spacial score (nSPS) is 10.7. The number of fused-ring (bicyclic) bond motifs is 1. The molecule has 104 valence electrons. The maximum atomic E-state index is 11.4. The van der Waals surface area contributed by atoms with Gasteiger partial charge in [-0.1, -0.05) is 28.1 Å². The molecule has 0 aliphatic carbocycles. The standard InChI is InChI=1S/C15H10BrN3O2/c16-9-3-1-8(2-4-9)12-5-10(15(20)21)11-7-18-14(17)6-13(11)19-12/h1-7H,(H2,17,18)(H,20,21). The highest BCUT2D eigenvalue weighted by molar-refractivity contribution is 9.10. The van der Waals surface area contributed by atoms with E-state index in [1.54, 1.807) is 12.1 Å². The summed E-state index contributed by atoms with van der Waals surface area (Å²) in [6.45, 7) is 0. The molecule has 0 spiro atoms. The van der Waals surface area contributed by atoms with Crippen molar-refractivity contribution in [1.29, 1.82) is 0 Å². The van der Waals surface area contributed by atoms with Gasteiger partial charge in [-0.2, -0.15) is 0 Å². The first kappa shape index (κ1) is 13.5. The first-order chi connectivity index (χ1) is 10.0. The number of carboxylic acids is 1. The molecule has 0 bridgehead atoms. The molecule has 0 aliphatic rings. The van der Waals surface area contributed by atoms with Gasteiger partial charge in [-0.3, -0.25) is 0 Å². The minimum atomic E-state index is -1.02. The molecule has 1 aromatic carbocycles. The molecule has 5 nitrogen and oxygen atoms in total. The van der Waals surface area contributed by atoms with Crippen LogP contribution < -0.4 is 5.73 Å². The van der Waals surface area contributed by atoms with Gasteiger partial charge in [-0.25, -0.2) is 14.8 Å². The zero-order valence-electron chi connectivity index (χ0n) is 10.7. The summed E-state index contributed by atoms with van der Waals surface area (Å²) in [6, 6.07) is 10.6. The fourth-order valence-electron chi connectivity index (χ4n) is 2.08. The second kappa shape index (κ2) is 5.14. The fraction of sp³-hybridized carbons (Fsp3) is 0. The van der Waals surface area contributed by atoms with E-state index >= 15 is 0 Å². The number of pyridine rings is 2. The molecule has 0 atom stereocenters. The van der Waals surface area contributed by atoms with Crippen LogP contribution in [0.2, 0.25) is 0 Å². The molecule has 6 heteroatoms. The van der Waals surface area contributed by atoms with E-state index in [9.17, 15) is 9.90 Å². The predicted molar refractivity (Wildman–Crippen MR) is 84.0 cm³/mol. The third-order valence-corrected chi connectivity index (χ3v) is 3.61. The molecule has 0 unspecified atom stereocenters. The first-order valence-corrected chi connectivity index (χ1v) is 6.89. The molecule has 0 fully saturated rings. The topological polar surface area (TPSA) is 89.1 Å². The van der Waals surface area contributed by atoms with Crippen molar-refractivity contribution in [2.75, 3.05) is 5.73 Å². The van der Waals surface area contributed by atoms with Crippen LogP contribution in [0.3, 0.4) is 0 Å². The minimum absolute atomic E-state index is 0.158. The number of rotatable bonds is 2. The molecular weight excluding hydrogens is 334 g/mol. The number of benzene rings is 1. The molecule has 3 rings (SSSR count). The average molecular weight is 344 g/mol. The number of hydrogen-bond acceptors (Lipinski definition) is 4. The Morgan fingerprint density at radius 2 is 1.90 bits per heavy atom. The van der Waals surface area contributed by atoms with E-state index in [0.717, 1.165) is 10.0 Å². The van der Waals surface area contributed by atoms with E-state index in [0.29, 0.717) is 22.4 Å². The molecule has 0 radical (unpaired) electrons. The molecule has 0 aliphatic heterocycles. The summed E-state index contributed by atoms with van der Waals surface area (Å²) in [6.07, 6.45) is 1.44. The van der Waals surface area contributed by atoms with Gasteiger partial charge in [0.05, 0.1) is 16.8 Å². The number of nitrogen functional groups attached to an aromatic ring is 1. The molecule has 0 saturated carbocycles. The Balaban J connectivity index is 2.29. The van der Waals surface area contributed by atoms with Gasteiger partial charge in [0.2, 0.25) is 0 Å². The van der Waals surface area contributed by atoms with Crippen LogP contribution in [0, 0.1) is 0 Å². The lowest BCUT2D eigenvalue weighted by atomic mass is 10.1. The summed E-state index contributed by atoms with van der Waals surface area (Å²) in [7, 11) is 0. The van der Waals surface area contributed by atoms with Crippen LogP contribution in [0.15, 0.2) is 47.1 Å². The van der Waals surface area contributed by atoms with E-state index < -0.39 is 5.97 Å². The van der Waals surface area contributed by atoms with Crippen molar-refractivity contribution in [2.45, 2.75) is 0 Å². The summed E-state index contributed by atoms with van der Waals surface area (Å²) in [5.41, 5.74) is 7.74. The van der Waals surface area contributed by atoms with Crippen molar-refractivity contribution in [3.63, 3.8) is 0 Å². The maximum absolute atomic E-state index is 11.4. The lowest BCUT2D eigenvalue weighted by molar-refractivity contribution is 0.0699. The highest BCUT2D eigenvalue weighted by Crippen LogP contribution is 2.26. The van der Waals surface area contributed by atoms with Crippen LogP contribution >= 0.6 is 15.9 Å². The summed E-state index contributed by atoms with van der Waals surface area (Å²) in [4.78, 5) is 19.9. The minimum Gasteiger partial charge on any atom is -0.478 e. The molecule has 3 aromatic rings. The largest absolute Gasteiger partial charge is 0.478 e. The zero-order valence-corrected chi connectivity index (χ0v) is 12.3. The Kier molecular flexibility index (Phi) is 3.31. The number of carboxylic acid groups (broad SMARTS) is 1. The zero-order chi connectivity index (χ0) is 15.0. The molecule has 2 heterocycles. The van der Waals surface area contributed by atoms with E-state index in [1.807, 2.05) is 24.3 Å². The highest BCUT2D eigenvalue weighted by Gasteiger charge is 2.13. The lowest BCUT2D eigenvalue weighted by Gasteiger charge is -2.07. The van der Waals surface area contributed by atoms with Crippen molar-refractivity contribution in [3.8, 4) is 11.3 Å². The van der Waals surface area contributed by atoms with Crippen LogP contribution in [0.5, 0.6) is 0 Å². The molecule has 0 amide bonds. The van der Waals surface area contributed by atoms with Gasteiger partial charge >= 0.3 is 5.97 Å². The number of aromatic carboxylic acids is 1. The van der Waals surface area contributed by atoms with Gasteiger partial charge < -0.3 is 10.8 Å². The maximum Gasteiger partial charge on any atom is 0.336 e. The molecule has 0 saturated heterocycles. The van der Waals surface area contributed by atoms with Crippen LogP contribution in [0.4, 0.5) is 5.82 Å². The Labute approximate surface area is 128 Å². The number of carbonyl (C=O) groups is 1. The SMILES string of the molecule is Nc1cc2nc(-c3ccc(Br)cc3)cc(C(=O)O)c2cn1. The van der Waals surface area contributed by atoms with E-state index in [2.05, 4.69) is 25.9 Å². The van der Waals surface area contributed by atoms with Gasteiger partial charge in [-0.15, -0.1) is 0 Å². The van der Waals surface area contributed by atoms with Crippen molar-refractivity contribution >= 4 is 38.6 Å². The van der Waals surface area contributed by atoms with E-state index in [-0.39, 0.29) is 5.56 Å². The Bertz CT molecular complexity index is 847. The highest BCUT2D eigenvalue weighted by atomic mass is 79.9. The second-order valence-electron chi connectivity index (χ2n) is 4.49. The van der Waals surface area contributed by atoms with E-state index in [1.165, 1.54) is 6.20 Å². The number of halogens is 1. The van der Waals surface area contributed by atoms with Crippen molar-refractivity contribution in [2.24, 2.45) is 0 Å². The van der Waals surface area contributed by atoms with E-state index in [4.69, 9.17) is 5.73 Å². The summed E-state index contributed by atoms with van der Waals surface area (Å²) in [5, 5.41) is 9.84. The monoisotopic (exact) mass is 343 g/mol. The van der Waals surface area contributed by atoms with Crippen molar-refractivity contribution < 1.29 is 9.90 Å². The lowest BCUT2D eigenvalue weighted by Crippen LogP contribution is -2.01. The van der Waals surface area contributed by atoms with Crippen molar-refractivity contribution in [1.82, 2.24) is 9.97 Å². The molecular formula is C15H10BrN3O2. The molecule has 3 N–H and O–H groups in total. The number of anilines is 1. The third kappa shape index (κ3) is 2.57. The molecule has 2 aromatic heterocycles. The molecule has 21 heavy (non-hydrogen) atoms. The van der Waals surface area contributed by atoms with Crippen molar-refractivity contribution in [3.05, 3.63) is 52.6 Å². The number of nitrogens with two attached hydrogens (primary N) is 1. The van der Waals surface area contributed by atoms with Crippen LogP contribution in [0.1, 0.15) is 10.4 Å². The summed E-state index contributed by atoms with van der Waals surface area (Å²) >= 11 is 3.37. The van der Waals surface area contributed by atoms with Gasteiger partial charge in [0, 0.05) is 27.7 Å². The van der Waals surface area contributed by atoms with Crippen LogP contribution in [-0.2, 0) is 0 Å². The van der Waals surface area contributed by atoms with Gasteiger partial charge in [0.1, 0.15) is 5.82 Å². The van der Waals surface area contributed by atoms with Crippen LogP contribution in [0.25, 0.3) is 22.2 Å². The quantitative estimate of drug-likeness (QED) is 0.744. The summed E-state index contributed by atoms with van der Waals surface area (Å²) in [5.74, 6) is -0.716. The predicted octanol–water partition coefficient (Wildman–Crippen LogP) is 3.34. The summed E-state index contributed by atoms with van der Waals surface area (Å²) < 4.78 is 0.943. The fourth-order valence-corrected chi connectivity index (χ4v) is 2.35. The third-order valence-electron chi connectivity index (χ3n) is 3.09. The smallest absolute Gasteiger partial charge is 0.336 e. The average Bonchev–Trinajstić information content (AvgIpc) is 2.46. The number of nitrogens with zero attached hydrogens (tertiary/aromatic N) is 2. The van der Waals surface area contributed by atoms with Crippen LogP contribution in [-0.4, -0.2) is 21.0 Å². The Morgan fingerprint density at radius 3 is 2.57 bits per heavy atom. The Morgan fingerprint density at radius 1 is 1.19 bits per heavy atom.